The molecular weight excluding hydrogens is 538 g/mol. The van der Waals surface area contributed by atoms with Crippen molar-refractivity contribution in [1.82, 2.24) is 0 Å². The number of Topliss-reactive ketones (excluding diaryl/α,β-unsaturated/α-hetero) is 2. The zero-order chi connectivity index (χ0) is 30.1. The highest BCUT2D eigenvalue weighted by atomic mass is 32.2. The van der Waals surface area contributed by atoms with Gasteiger partial charge in [0.05, 0.1) is 5.56 Å². The molecule has 0 saturated heterocycles. The molecule has 3 aliphatic rings. The Balaban J connectivity index is 2.12. The second-order valence-corrected chi connectivity index (χ2v) is 12.6. The van der Waals surface area contributed by atoms with Gasteiger partial charge in [-0.2, -0.15) is 11.8 Å². The number of amides is 1. The second kappa shape index (κ2) is 9.95. The number of aromatic hydroxyl groups is 1. The van der Waals surface area contributed by atoms with Crippen molar-refractivity contribution in [2.45, 2.75) is 76.3 Å². The van der Waals surface area contributed by atoms with Crippen molar-refractivity contribution < 1.29 is 44.3 Å². The van der Waals surface area contributed by atoms with Crippen molar-refractivity contribution in [3.8, 4) is 5.75 Å². The Morgan fingerprint density at radius 2 is 1.82 bits per heavy atom. The summed E-state index contributed by atoms with van der Waals surface area (Å²) in [6, 6.07) is 1.87. The number of benzene rings is 1. The zero-order valence-corrected chi connectivity index (χ0v) is 24.1. The number of thioether (sulfide) groups is 1. The standard InChI is InChI=1S/C29H35NO9S/c1-7-16(32)39-24-14-9-15(31)19(27(30)37)25(35)29(14,38)26(36)21-18(24)11(2)17-12(10-40-6)8-13(28(3,4)5)22(33)20(17)23(21)34/h8,11,14,18,24,33-35,38H,7,9-10H2,1-6H3,(H2,30,37)/t11-,14+,18+,24+,29+/m0/s1. The summed E-state index contributed by atoms with van der Waals surface area (Å²) in [6.45, 7) is 8.98. The third-order valence-corrected chi connectivity index (χ3v) is 8.92. The molecule has 6 N–H and O–H groups in total. The Morgan fingerprint density at radius 1 is 1.20 bits per heavy atom. The van der Waals surface area contributed by atoms with Crippen molar-refractivity contribution in [3.63, 3.8) is 0 Å². The lowest BCUT2D eigenvalue weighted by Crippen LogP contribution is -2.64. The van der Waals surface area contributed by atoms with Gasteiger partial charge in [0.2, 0.25) is 5.78 Å². The second-order valence-electron chi connectivity index (χ2n) is 11.7. The number of phenolic OH excluding ortho intramolecular Hbond substituents is 1. The van der Waals surface area contributed by atoms with Crippen molar-refractivity contribution >= 4 is 41.0 Å². The van der Waals surface area contributed by atoms with Gasteiger partial charge < -0.3 is 30.9 Å². The predicted molar refractivity (Wildman–Crippen MR) is 148 cm³/mol. The normalized spacial score (nSPS) is 28.2. The number of phenols is 1. The lowest BCUT2D eigenvalue weighted by Gasteiger charge is -2.51. The number of carbonyl (C=O) groups excluding carboxylic acids is 4. The number of fused-ring (bicyclic) bond motifs is 3. The van der Waals surface area contributed by atoms with Gasteiger partial charge in [-0.05, 0) is 28.7 Å². The molecule has 3 aliphatic carbocycles. The molecule has 10 nitrogen and oxygen atoms in total. The highest BCUT2D eigenvalue weighted by Gasteiger charge is 2.66. The molecule has 0 bridgehead atoms. The van der Waals surface area contributed by atoms with Crippen LogP contribution in [0.25, 0.3) is 5.76 Å². The first-order chi connectivity index (χ1) is 18.5. The fourth-order valence-corrected chi connectivity index (χ4v) is 7.01. The summed E-state index contributed by atoms with van der Waals surface area (Å²) in [5, 5.41) is 45.9. The van der Waals surface area contributed by atoms with E-state index in [1.807, 2.05) is 33.1 Å². The first kappa shape index (κ1) is 29.7. The van der Waals surface area contributed by atoms with Gasteiger partial charge >= 0.3 is 5.97 Å². The molecule has 1 fully saturated rings. The van der Waals surface area contributed by atoms with Crippen molar-refractivity contribution in [2.24, 2.45) is 17.6 Å². The molecule has 0 spiro atoms. The lowest BCUT2D eigenvalue weighted by molar-refractivity contribution is -0.178. The molecule has 0 unspecified atom stereocenters. The summed E-state index contributed by atoms with van der Waals surface area (Å²) < 4.78 is 5.76. The Hall–Kier alpha value is -3.31. The summed E-state index contributed by atoms with van der Waals surface area (Å²) in [7, 11) is 0. The molecular formula is C29H35NO9S. The van der Waals surface area contributed by atoms with Gasteiger partial charge in [0, 0.05) is 41.6 Å². The molecule has 1 aromatic carbocycles. The van der Waals surface area contributed by atoms with Crippen LogP contribution in [0.15, 0.2) is 23.0 Å². The van der Waals surface area contributed by atoms with Gasteiger partial charge in [-0.3, -0.25) is 19.2 Å². The van der Waals surface area contributed by atoms with Crippen molar-refractivity contribution in [2.75, 3.05) is 6.26 Å². The molecule has 216 valence electrons. The van der Waals surface area contributed by atoms with Crippen LogP contribution in [0.4, 0.5) is 0 Å². The van der Waals surface area contributed by atoms with Gasteiger partial charge in [0.1, 0.15) is 28.9 Å². The van der Waals surface area contributed by atoms with Crippen LogP contribution in [-0.4, -0.2) is 61.8 Å². The first-order valence-electron chi connectivity index (χ1n) is 13.1. The van der Waals surface area contributed by atoms with E-state index < -0.39 is 81.8 Å². The summed E-state index contributed by atoms with van der Waals surface area (Å²) in [5.74, 6) is -8.78. The minimum absolute atomic E-state index is 0.0247. The molecule has 0 heterocycles. The fourth-order valence-electron chi connectivity index (χ4n) is 6.46. The maximum Gasteiger partial charge on any atom is 0.305 e. The molecule has 40 heavy (non-hydrogen) atoms. The molecule has 11 heteroatoms. The Labute approximate surface area is 236 Å². The lowest BCUT2D eigenvalue weighted by atomic mass is 9.55. The number of ether oxygens (including phenoxy) is 1. The van der Waals surface area contributed by atoms with E-state index in [0.717, 1.165) is 5.56 Å². The van der Waals surface area contributed by atoms with Crippen LogP contribution in [0.5, 0.6) is 5.75 Å². The quantitative estimate of drug-likeness (QED) is 0.259. The minimum atomic E-state index is -2.88. The molecule has 5 atom stereocenters. The SMILES string of the molecule is CCC(=O)O[C@H]1[C@H]2C(=C(O)c3c(O)c(C(C)(C)C)cc(CSC)c3[C@@H]2C)C(=O)[C@]2(O)C(O)=C(C(N)=O)C(=O)C[C@H]12. The number of aliphatic hydroxyl groups excluding tert-OH is 2. The van der Waals surface area contributed by atoms with E-state index in [0.29, 0.717) is 16.9 Å². The zero-order valence-electron chi connectivity index (χ0n) is 23.3. The number of aliphatic hydroxyl groups is 3. The van der Waals surface area contributed by atoms with Crippen LogP contribution in [0.2, 0.25) is 0 Å². The van der Waals surface area contributed by atoms with E-state index in [4.69, 9.17) is 10.5 Å². The number of nitrogens with two attached hydrogens (primary N) is 1. The predicted octanol–water partition coefficient (Wildman–Crippen LogP) is 3.08. The van der Waals surface area contributed by atoms with Crippen LogP contribution in [-0.2, 0) is 35.1 Å². The van der Waals surface area contributed by atoms with Crippen LogP contribution in [0.1, 0.15) is 75.6 Å². The highest BCUT2D eigenvalue weighted by molar-refractivity contribution is 7.97. The van der Waals surface area contributed by atoms with Gasteiger partial charge in [0.25, 0.3) is 5.91 Å². The third-order valence-electron chi connectivity index (χ3n) is 8.32. The van der Waals surface area contributed by atoms with Gasteiger partial charge in [0.15, 0.2) is 11.4 Å². The maximum absolute atomic E-state index is 14.1. The van der Waals surface area contributed by atoms with E-state index in [1.54, 1.807) is 13.8 Å². The van der Waals surface area contributed by atoms with Crippen LogP contribution >= 0.6 is 11.8 Å². The average molecular weight is 574 g/mol. The number of rotatable bonds is 5. The summed E-state index contributed by atoms with van der Waals surface area (Å²) in [6.07, 6.45) is -0.113. The molecule has 1 amide bonds. The van der Waals surface area contributed by atoms with Gasteiger partial charge in [-0.15, -0.1) is 0 Å². The van der Waals surface area contributed by atoms with Crippen molar-refractivity contribution in [3.05, 3.63) is 45.2 Å². The summed E-state index contributed by atoms with van der Waals surface area (Å²) in [4.78, 5) is 51.7. The van der Waals surface area contributed by atoms with Gasteiger partial charge in [-0.1, -0.05) is 40.7 Å². The number of esters is 1. The average Bonchev–Trinajstić information content (AvgIpc) is 2.85. The van der Waals surface area contributed by atoms with Crippen LogP contribution in [0.3, 0.4) is 0 Å². The molecule has 1 aromatic rings. The van der Waals surface area contributed by atoms with Crippen LogP contribution < -0.4 is 5.73 Å². The largest absolute Gasteiger partial charge is 0.508 e. The van der Waals surface area contributed by atoms with E-state index in [2.05, 4.69) is 0 Å². The number of carbonyl (C=O) groups is 4. The number of hydrogen-bond donors (Lipinski definition) is 5. The first-order valence-corrected chi connectivity index (χ1v) is 14.5. The van der Waals surface area contributed by atoms with E-state index >= 15 is 0 Å². The van der Waals surface area contributed by atoms with E-state index in [9.17, 15) is 39.6 Å². The molecule has 1 saturated carbocycles. The third kappa shape index (κ3) is 4.13. The molecule has 0 radical (unpaired) electrons. The van der Waals surface area contributed by atoms with E-state index in [1.165, 1.54) is 11.8 Å². The Bertz CT molecular complexity index is 1400. The monoisotopic (exact) mass is 573 g/mol. The molecule has 0 aromatic heterocycles. The fraction of sp³-hybridized carbons (Fsp3) is 0.517. The van der Waals surface area contributed by atoms with Gasteiger partial charge in [-0.25, -0.2) is 0 Å². The number of hydrogen-bond acceptors (Lipinski definition) is 10. The molecule has 4 rings (SSSR count). The molecule has 0 aliphatic heterocycles. The number of primary amides is 1. The smallest absolute Gasteiger partial charge is 0.305 e. The summed E-state index contributed by atoms with van der Waals surface area (Å²) in [5.41, 5.74) is 2.50. The van der Waals surface area contributed by atoms with Crippen molar-refractivity contribution in [1.29, 1.82) is 0 Å². The van der Waals surface area contributed by atoms with E-state index in [-0.39, 0.29) is 23.3 Å². The number of ketones is 2. The Morgan fingerprint density at radius 3 is 2.35 bits per heavy atom. The topological polar surface area (TPSA) is 184 Å². The maximum atomic E-state index is 14.1. The Kier molecular flexibility index (Phi) is 7.38. The van der Waals surface area contributed by atoms with Crippen LogP contribution in [0, 0.1) is 11.8 Å². The summed E-state index contributed by atoms with van der Waals surface area (Å²) >= 11 is 1.52. The highest BCUT2D eigenvalue weighted by Crippen LogP contribution is 2.58. The minimum Gasteiger partial charge on any atom is -0.508 e.